The van der Waals surface area contributed by atoms with E-state index in [0.29, 0.717) is 27.5 Å². The van der Waals surface area contributed by atoms with Gasteiger partial charge in [0.2, 0.25) is 0 Å². The minimum atomic E-state index is -0.500. The van der Waals surface area contributed by atoms with Crippen molar-refractivity contribution < 1.29 is 19.1 Å². The maximum atomic E-state index is 12.1. The molecule has 0 saturated carbocycles. The zero-order valence-corrected chi connectivity index (χ0v) is 18.9. The maximum Gasteiger partial charge on any atom is 0.343 e. The molecule has 0 unspecified atom stereocenters. The summed E-state index contributed by atoms with van der Waals surface area (Å²) in [5.74, 6) is -0.978. The second kappa shape index (κ2) is 11.2. The number of carbonyl (C=O) groups excluding carboxylic acids is 3. The van der Waals surface area contributed by atoms with E-state index >= 15 is 0 Å². The van der Waals surface area contributed by atoms with E-state index in [0.717, 1.165) is 4.47 Å². The van der Waals surface area contributed by atoms with Gasteiger partial charge in [-0.3, -0.25) is 9.59 Å². The van der Waals surface area contributed by atoms with Gasteiger partial charge in [-0.15, -0.1) is 0 Å². The van der Waals surface area contributed by atoms with Gasteiger partial charge in [0.15, 0.2) is 0 Å². The summed E-state index contributed by atoms with van der Waals surface area (Å²) in [6.07, 6.45) is 1.43. The van der Waals surface area contributed by atoms with Crippen molar-refractivity contribution in [1.82, 2.24) is 10.7 Å². The van der Waals surface area contributed by atoms with Crippen molar-refractivity contribution in [2.24, 2.45) is 5.10 Å². The third-order valence-corrected chi connectivity index (χ3v) is 4.81. The molecule has 162 valence electrons. The molecule has 9 heteroatoms. The van der Waals surface area contributed by atoms with Crippen molar-refractivity contribution in [3.63, 3.8) is 0 Å². The van der Waals surface area contributed by atoms with Gasteiger partial charge < -0.3 is 10.1 Å². The summed E-state index contributed by atoms with van der Waals surface area (Å²) in [6.45, 7) is -0.220. The van der Waals surface area contributed by atoms with Crippen molar-refractivity contribution in [2.75, 3.05) is 6.54 Å². The van der Waals surface area contributed by atoms with Crippen LogP contribution in [0.2, 0.25) is 5.02 Å². The average Bonchev–Trinajstić information content (AvgIpc) is 2.79. The van der Waals surface area contributed by atoms with Crippen LogP contribution in [0, 0.1) is 0 Å². The van der Waals surface area contributed by atoms with Gasteiger partial charge in [0, 0.05) is 15.1 Å². The third-order valence-electron chi connectivity index (χ3n) is 4.07. The number of hydrogen-bond acceptors (Lipinski definition) is 5. The number of amides is 2. The Labute approximate surface area is 197 Å². The van der Waals surface area contributed by atoms with E-state index < -0.39 is 11.9 Å². The predicted molar refractivity (Wildman–Crippen MR) is 125 cm³/mol. The molecule has 3 aromatic rings. The quantitative estimate of drug-likeness (QED) is 0.214. The molecule has 0 aliphatic carbocycles. The molecule has 0 heterocycles. The molecule has 0 aliphatic rings. The van der Waals surface area contributed by atoms with Crippen LogP contribution in [0.25, 0.3) is 0 Å². The summed E-state index contributed by atoms with van der Waals surface area (Å²) in [5, 5.41) is 6.90. The van der Waals surface area contributed by atoms with Gasteiger partial charge in [-0.25, -0.2) is 10.2 Å². The summed E-state index contributed by atoms with van der Waals surface area (Å²) in [5.41, 5.74) is 3.83. The van der Waals surface area contributed by atoms with E-state index in [1.165, 1.54) is 6.21 Å². The first-order valence-electron chi connectivity index (χ1n) is 9.34. The van der Waals surface area contributed by atoms with Crippen LogP contribution in [-0.2, 0) is 4.79 Å². The molecule has 0 aromatic heterocycles. The monoisotopic (exact) mass is 513 g/mol. The van der Waals surface area contributed by atoms with Gasteiger partial charge in [0.25, 0.3) is 11.8 Å². The van der Waals surface area contributed by atoms with Crippen LogP contribution in [0.3, 0.4) is 0 Å². The highest BCUT2D eigenvalue weighted by molar-refractivity contribution is 9.10. The number of rotatable bonds is 7. The molecular formula is C23H17BrClN3O4. The van der Waals surface area contributed by atoms with Gasteiger partial charge in [-0.05, 0) is 72.3 Å². The van der Waals surface area contributed by atoms with Crippen LogP contribution >= 0.6 is 27.5 Å². The zero-order valence-electron chi connectivity index (χ0n) is 16.5. The largest absolute Gasteiger partial charge is 0.423 e. The van der Waals surface area contributed by atoms with Gasteiger partial charge in [-0.2, -0.15) is 5.10 Å². The van der Waals surface area contributed by atoms with Gasteiger partial charge in [0.05, 0.1) is 18.3 Å². The summed E-state index contributed by atoms with van der Waals surface area (Å²) < 4.78 is 6.07. The molecule has 0 spiro atoms. The Balaban J connectivity index is 1.45. The molecule has 32 heavy (non-hydrogen) atoms. The first-order valence-corrected chi connectivity index (χ1v) is 10.5. The van der Waals surface area contributed by atoms with E-state index in [-0.39, 0.29) is 12.5 Å². The smallest absolute Gasteiger partial charge is 0.343 e. The van der Waals surface area contributed by atoms with Gasteiger partial charge in [0.1, 0.15) is 5.75 Å². The van der Waals surface area contributed by atoms with Crippen LogP contribution in [0.5, 0.6) is 5.75 Å². The van der Waals surface area contributed by atoms with Crippen LogP contribution in [-0.4, -0.2) is 30.5 Å². The zero-order chi connectivity index (χ0) is 22.9. The van der Waals surface area contributed by atoms with Crippen LogP contribution in [0.1, 0.15) is 26.3 Å². The molecule has 2 N–H and O–H groups in total. The van der Waals surface area contributed by atoms with E-state index in [1.807, 2.05) is 0 Å². The number of nitrogens with one attached hydrogen (secondary N) is 2. The number of carbonyl (C=O) groups is 3. The highest BCUT2D eigenvalue weighted by Gasteiger charge is 2.09. The molecule has 0 saturated heterocycles. The number of hydrogen-bond donors (Lipinski definition) is 2. The minimum Gasteiger partial charge on any atom is -0.423 e. The normalized spacial score (nSPS) is 10.6. The summed E-state index contributed by atoms with van der Waals surface area (Å²) in [6, 6.07) is 19.8. The van der Waals surface area contributed by atoms with E-state index in [9.17, 15) is 14.4 Å². The van der Waals surface area contributed by atoms with Crippen molar-refractivity contribution in [2.45, 2.75) is 0 Å². The molecule has 3 aromatic carbocycles. The number of esters is 1. The van der Waals surface area contributed by atoms with Crippen LogP contribution < -0.4 is 15.5 Å². The fraction of sp³-hybridized carbons (Fsp3) is 0.0435. The lowest BCUT2D eigenvalue weighted by Gasteiger charge is -2.05. The van der Waals surface area contributed by atoms with E-state index in [1.54, 1.807) is 72.8 Å². The maximum absolute atomic E-state index is 12.1. The van der Waals surface area contributed by atoms with Crippen molar-refractivity contribution in [3.8, 4) is 5.75 Å². The Kier molecular flexibility index (Phi) is 8.13. The first-order chi connectivity index (χ1) is 15.4. The fourth-order valence-electron chi connectivity index (χ4n) is 2.48. The lowest BCUT2D eigenvalue weighted by molar-refractivity contribution is -0.120. The van der Waals surface area contributed by atoms with Crippen LogP contribution in [0.4, 0.5) is 0 Å². The second-order valence-corrected chi connectivity index (χ2v) is 7.80. The Bertz CT molecular complexity index is 1150. The molecular weight excluding hydrogens is 498 g/mol. The van der Waals surface area contributed by atoms with E-state index in [2.05, 4.69) is 31.8 Å². The average molecular weight is 515 g/mol. The Morgan fingerprint density at radius 2 is 1.69 bits per heavy atom. The number of hydrazone groups is 1. The summed E-state index contributed by atoms with van der Waals surface area (Å²) >= 11 is 9.09. The molecule has 3 rings (SSSR count). The molecule has 0 radical (unpaired) electrons. The molecule has 0 fully saturated rings. The highest BCUT2D eigenvalue weighted by Crippen LogP contribution is 2.15. The van der Waals surface area contributed by atoms with Gasteiger partial charge >= 0.3 is 5.97 Å². The molecule has 7 nitrogen and oxygen atoms in total. The Hall–Kier alpha value is -3.49. The Morgan fingerprint density at radius 1 is 0.969 bits per heavy atom. The standard InChI is InChI=1S/C23H17BrClN3O4/c24-18-3-1-2-17(12-18)22(30)26-14-21(29)28-27-13-15-4-10-20(11-5-15)32-23(31)16-6-8-19(25)9-7-16/h1-13H,14H2,(H,26,30)(H,28,29)/b27-13+. The van der Waals surface area contributed by atoms with E-state index in [4.69, 9.17) is 16.3 Å². The lowest BCUT2D eigenvalue weighted by Crippen LogP contribution is -2.34. The number of benzene rings is 3. The molecule has 0 bridgehead atoms. The second-order valence-electron chi connectivity index (χ2n) is 6.45. The van der Waals surface area contributed by atoms with Crippen molar-refractivity contribution >= 4 is 51.5 Å². The number of halogens is 2. The van der Waals surface area contributed by atoms with Crippen molar-refractivity contribution in [1.29, 1.82) is 0 Å². The topological polar surface area (TPSA) is 96.9 Å². The van der Waals surface area contributed by atoms with Gasteiger partial charge in [-0.1, -0.05) is 33.6 Å². The fourth-order valence-corrected chi connectivity index (χ4v) is 3.01. The first kappa shape index (κ1) is 23.2. The molecule has 0 aliphatic heterocycles. The minimum absolute atomic E-state index is 0.220. The summed E-state index contributed by atoms with van der Waals surface area (Å²) in [4.78, 5) is 36.0. The number of nitrogens with zero attached hydrogens (tertiary/aromatic N) is 1. The molecule has 2 amide bonds. The molecule has 0 atom stereocenters. The SMILES string of the molecule is O=C(CNC(=O)c1cccc(Br)c1)N/N=C/c1ccc(OC(=O)c2ccc(Cl)cc2)cc1. The Morgan fingerprint density at radius 3 is 2.38 bits per heavy atom. The highest BCUT2D eigenvalue weighted by atomic mass is 79.9. The number of ether oxygens (including phenoxy) is 1. The van der Waals surface area contributed by atoms with Crippen molar-refractivity contribution in [3.05, 3.63) is 99.0 Å². The van der Waals surface area contributed by atoms with Crippen LogP contribution in [0.15, 0.2) is 82.4 Å². The summed E-state index contributed by atoms with van der Waals surface area (Å²) in [7, 11) is 0. The predicted octanol–water partition coefficient (Wildman–Crippen LogP) is 4.20. The lowest BCUT2D eigenvalue weighted by atomic mass is 10.2. The third kappa shape index (κ3) is 7.04.